The minimum Gasteiger partial charge on any atom is -0.337 e. The van der Waals surface area contributed by atoms with Crippen molar-refractivity contribution in [2.24, 2.45) is 5.92 Å². The highest BCUT2D eigenvalue weighted by Crippen LogP contribution is 2.26. The van der Waals surface area contributed by atoms with Crippen molar-refractivity contribution in [3.8, 4) is 0 Å². The first-order chi connectivity index (χ1) is 9.15. The van der Waals surface area contributed by atoms with Crippen molar-refractivity contribution in [3.05, 3.63) is 34.1 Å². The molecule has 0 aromatic heterocycles. The fraction of sp³-hybridized carbons (Fsp3) is 0.500. The average molecular weight is 327 g/mol. The number of rotatable bonds is 1. The molecule has 2 saturated heterocycles. The van der Waals surface area contributed by atoms with E-state index in [2.05, 4.69) is 21.2 Å². The quantitative estimate of drug-likeness (QED) is 0.859. The molecule has 0 spiro atoms. The van der Waals surface area contributed by atoms with E-state index in [0.29, 0.717) is 22.0 Å². The average Bonchev–Trinajstić information content (AvgIpc) is 2.85. The SMILES string of the molecule is O=C(c1ccc(F)c(Br)c1)N1C[C@@H]2CCCN[C@@H]2C1. The van der Waals surface area contributed by atoms with Gasteiger partial charge in [0.05, 0.1) is 4.47 Å². The van der Waals surface area contributed by atoms with Crippen molar-refractivity contribution in [2.75, 3.05) is 19.6 Å². The van der Waals surface area contributed by atoms with E-state index in [4.69, 9.17) is 0 Å². The summed E-state index contributed by atoms with van der Waals surface area (Å²) in [5, 5.41) is 3.47. The maximum absolute atomic E-state index is 13.2. The smallest absolute Gasteiger partial charge is 0.253 e. The second-order valence-electron chi connectivity index (χ2n) is 5.30. The van der Waals surface area contributed by atoms with Crippen LogP contribution in [0.1, 0.15) is 23.2 Å². The summed E-state index contributed by atoms with van der Waals surface area (Å²) in [5.74, 6) is 0.229. The van der Waals surface area contributed by atoms with Crippen molar-refractivity contribution in [3.63, 3.8) is 0 Å². The number of amides is 1. The molecule has 1 aromatic rings. The highest BCUT2D eigenvalue weighted by atomic mass is 79.9. The number of fused-ring (bicyclic) bond motifs is 1. The van der Waals surface area contributed by atoms with Crippen LogP contribution in [0.25, 0.3) is 0 Å². The molecule has 0 bridgehead atoms. The van der Waals surface area contributed by atoms with Crippen LogP contribution in [0, 0.1) is 11.7 Å². The summed E-state index contributed by atoms with van der Waals surface area (Å²) < 4.78 is 13.5. The number of hydrogen-bond acceptors (Lipinski definition) is 2. The Morgan fingerprint density at radius 1 is 1.42 bits per heavy atom. The molecule has 2 fully saturated rings. The fourth-order valence-corrected chi connectivity index (χ4v) is 3.40. The molecule has 1 amide bonds. The van der Waals surface area contributed by atoms with Crippen molar-refractivity contribution >= 4 is 21.8 Å². The zero-order valence-corrected chi connectivity index (χ0v) is 12.1. The summed E-state index contributed by atoms with van der Waals surface area (Å²) in [5.41, 5.74) is 0.548. The third-order valence-corrected chi connectivity index (χ3v) is 4.66. The summed E-state index contributed by atoms with van der Waals surface area (Å²) in [6, 6.07) is 4.88. The van der Waals surface area contributed by atoms with Crippen LogP contribution in [0.5, 0.6) is 0 Å². The Labute approximate surface area is 120 Å². The van der Waals surface area contributed by atoms with E-state index in [1.165, 1.54) is 18.9 Å². The van der Waals surface area contributed by atoms with Crippen LogP contribution >= 0.6 is 15.9 Å². The van der Waals surface area contributed by atoms with Crippen LogP contribution in [0.4, 0.5) is 4.39 Å². The molecule has 2 heterocycles. The van der Waals surface area contributed by atoms with E-state index in [9.17, 15) is 9.18 Å². The summed E-state index contributed by atoms with van der Waals surface area (Å²) in [4.78, 5) is 14.3. The zero-order chi connectivity index (χ0) is 13.4. The molecule has 1 N–H and O–H groups in total. The van der Waals surface area contributed by atoms with Gasteiger partial charge in [0.1, 0.15) is 5.82 Å². The number of carbonyl (C=O) groups is 1. The van der Waals surface area contributed by atoms with Crippen molar-refractivity contribution in [1.29, 1.82) is 0 Å². The molecule has 0 saturated carbocycles. The molecule has 2 aliphatic heterocycles. The molecule has 19 heavy (non-hydrogen) atoms. The molecule has 3 nitrogen and oxygen atoms in total. The van der Waals surface area contributed by atoms with Gasteiger partial charge in [0.25, 0.3) is 5.91 Å². The van der Waals surface area contributed by atoms with Crippen LogP contribution in [0.15, 0.2) is 22.7 Å². The lowest BCUT2D eigenvalue weighted by atomic mass is 9.94. The van der Waals surface area contributed by atoms with E-state index in [1.807, 2.05) is 4.90 Å². The Morgan fingerprint density at radius 3 is 3.00 bits per heavy atom. The number of benzene rings is 1. The van der Waals surface area contributed by atoms with E-state index in [0.717, 1.165) is 19.6 Å². The monoisotopic (exact) mass is 326 g/mol. The second-order valence-corrected chi connectivity index (χ2v) is 6.16. The number of hydrogen-bond donors (Lipinski definition) is 1. The summed E-state index contributed by atoms with van der Waals surface area (Å²) in [6.07, 6.45) is 2.37. The van der Waals surface area contributed by atoms with Crippen molar-refractivity contribution in [1.82, 2.24) is 10.2 Å². The summed E-state index contributed by atoms with van der Waals surface area (Å²) in [6.45, 7) is 2.62. The number of carbonyl (C=O) groups excluding carboxylic acids is 1. The third-order valence-electron chi connectivity index (χ3n) is 4.05. The van der Waals surface area contributed by atoms with Crippen molar-refractivity contribution < 1.29 is 9.18 Å². The van der Waals surface area contributed by atoms with Crippen LogP contribution in [0.3, 0.4) is 0 Å². The van der Waals surface area contributed by atoms with Gasteiger partial charge in [-0.15, -0.1) is 0 Å². The van der Waals surface area contributed by atoms with E-state index >= 15 is 0 Å². The van der Waals surface area contributed by atoms with Gasteiger partial charge >= 0.3 is 0 Å². The van der Waals surface area contributed by atoms with Gasteiger partial charge in [-0.1, -0.05) is 0 Å². The second kappa shape index (κ2) is 5.21. The Hall–Kier alpha value is -0.940. The first-order valence-corrected chi connectivity index (χ1v) is 7.42. The lowest BCUT2D eigenvalue weighted by molar-refractivity contribution is 0.0785. The molecule has 102 valence electrons. The van der Waals surface area contributed by atoms with Gasteiger partial charge in [0, 0.05) is 24.7 Å². The first kappa shape index (κ1) is 13.1. The molecular weight excluding hydrogens is 311 g/mol. The van der Waals surface area contributed by atoms with Gasteiger partial charge in [0.2, 0.25) is 0 Å². The zero-order valence-electron chi connectivity index (χ0n) is 10.5. The predicted molar refractivity (Wildman–Crippen MR) is 74.5 cm³/mol. The molecule has 0 aliphatic carbocycles. The number of likely N-dealkylation sites (tertiary alicyclic amines) is 1. The molecule has 5 heteroatoms. The Bertz CT molecular complexity index is 494. The van der Waals surface area contributed by atoms with Crippen LogP contribution in [0.2, 0.25) is 0 Å². The molecule has 2 aliphatic rings. The molecule has 2 atom stereocenters. The highest BCUT2D eigenvalue weighted by Gasteiger charge is 2.36. The van der Waals surface area contributed by atoms with Crippen molar-refractivity contribution in [2.45, 2.75) is 18.9 Å². The summed E-state index contributed by atoms with van der Waals surface area (Å²) in [7, 11) is 0. The van der Waals surface area contributed by atoms with E-state index in [-0.39, 0.29) is 11.7 Å². The summed E-state index contributed by atoms with van der Waals surface area (Å²) >= 11 is 3.13. The van der Waals surface area contributed by atoms with Gasteiger partial charge in [0.15, 0.2) is 0 Å². The predicted octanol–water partition coefficient (Wildman–Crippen LogP) is 2.41. The maximum Gasteiger partial charge on any atom is 0.253 e. The lowest BCUT2D eigenvalue weighted by Gasteiger charge is -2.24. The van der Waals surface area contributed by atoms with E-state index in [1.54, 1.807) is 12.1 Å². The lowest BCUT2D eigenvalue weighted by Crippen LogP contribution is -2.41. The minimum absolute atomic E-state index is 0.00287. The largest absolute Gasteiger partial charge is 0.337 e. The first-order valence-electron chi connectivity index (χ1n) is 6.63. The van der Waals surface area contributed by atoms with Crippen LogP contribution in [-0.2, 0) is 0 Å². The fourth-order valence-electron chi connectivity index (χ4n) is 3.02. The van der Waals surface area contributed by atoms with Crippen LogP contribution in [-0.4, -0.2) is 36.5 Å². The molecule has 3 rings (SSSR count). The molecule has 1 aromatic carbocycles. The third kappa shape index (κ3) is 2.54. The number of nitrogens with one attached hydrogen (secondary N) is 1. The topological polar surface area (TPSA) is 32.3 Å². The molecular formula is C14H16BrFN2O. The van der Waals surface area contributed by atoms with Crippen LogP contribution < -0.4 is 5.32 Å². The maximum atomic E-state index is 13.2. The Kier molecular flexibility index (Phi) is 3.58. The van der Waals surface area contributed by atoms with Gasteiger partial charge in [-0.3, -0.25) is 4.79 Å². The Balaban J connectivity index is 1.75. The number of halogens is 2. The number of piperidine rings is 1. The van der Waals surface area contributed by atoms with Gasteiger partial charge in [-0.2, -0.15) is 0 Å². The van der Waals surface area contributed by atoms with Gasteiger partial charge in [-0.05, 0) is 59.4 Å². The van der Waals surface area contributed by atoms with Gasteiger partial charge in [-0.25, -0.2) is 4.39 Å². The standard InChI is InChI=1S/C14H16BrFN2O/c15-11-6-9(3-4-12(11)16)14(19)18-7-10-2-1-5-17-13(10)8-18/h3-4,6,10,13,17H,1-2,5,7-8H2/t10-,13+/m0/s1. The van der Waals surface area contributed by atoms with Gasteiger partial charge < -0.3 is 10.2 Å². The molecule has 0 radical (unpaired) electrons. The van der Waals surface area contributed by atoms with E-state index < -0.39 is 0 Å². The highest BCUT2D eigenvalue weighted by molar-refractivity contribution is 9.10. The normalized spacial score (nSPS) is 26.3. The number of nitrogens with zero attached hydrogens (tertiary/aromatic N) is 1. The minimum atomic E-state index is -0.340. The molecule has 0 unspecified atom stereocenters. The Morgan fingerprint density at radius 2 is 2.26 bits per heavy atom.